The Labute approximate surface area is 172 Å². The van der Waals surface area contributed by atoms with Crippen molar-refractivity contribution in [1.29, 1.82) is 0 Å². The number of carbonyl (C=O) groups is 2. The van der Waals surface area contributed by atoms with Crippen LogP contribution in [0, 0.1) is 5.41 Å². The molecule has 3 N–H and O–H groups in total. The van der Waals surface area contributed by atoms with Gasteiger partial charge in [-0.2, -0.15) is 0 Å². The van der Waals surface area contributed by atoms with E-state index in [1.165, 1.54) is 7.11 Å². The van der Waals surface area contributed by atoms with E-state index in [4.69, 9.17) is 17.3 Å². The van der Waals surface area contributed by atoms with E-state index in [1.807, 2.05) is 4.90 Å². The Balaban J connectivity index is 2.29. The minimum Gasteiger partial charge on any atom is -0.453 e. The molecule has 2 amide bonds. The first-order valence-electron chi connectivity index (χ1n) is 9.79. The van der Waals surface area contributed by atoms with Crippen molar-refractivity contribution in [3.05, 3.63) is 28.8 Å². The molecule has 2 rings (SSSR count). The van der Waals surface area contributed by atoms with Crippen molar-refractivity contribution in [2.75, 3.05) is 12.4 Å². The quantitative estimate of drug-likeness (QED) is 0.746. The van der Waals surface area contributed by atoms with Crippen molar-refractivity contribution < 1.29 is 14.3 Å². The zero-order valence-corrected chi connectivity index (χ0v) is 18.0. The summed E-state index contributed by atoms with van der Waals surface area (Å²) in [6.45, 7) is 6.52. The minimum atomic E-state index is -0.553. The molecule has 2 unspecified atom stereocenters. The van der Waals surface area contributed by atoms with Gasteiger partial charge in [0, 0.05) is 35.8 Å². The van der Waals surface area contributed by atoms with Gasteiger partial charge < -0.3 is 15.4 Å². The molecule has 0 saturated heterocycles. The third-order valence-corrected chi connectivity index (χ3v) is 5.37. The Hall–Kier alpha value is -1.79. The smallest absolute Gasteiger partial charge is 0.411 e. The number of nitrogens with one attached hydrogen (secondary N) is 1. The molecule has 0 radical (unpaired) electrons. The average Bonchev–Trinajstić information content (AvgIpc) is 2.61. The largest absolute Gasteiger partial charge is 0.453 e. The van der Waals surface area contributed by atoms with Crippen LogP contribution < -0.4 is 11.1 Å². The maximum Gasteiger partial charge on any atom is 0.411 e. The lowest BCUT2D eigenvalue weighted by molar-refractivity contribution is -0.137. The predicted octanol–water partition coefficient (Wildman–Crippen LogP) is 4.55. The second-order valence-electron chi connectivity index (χ2n) is 8.70. The summed E-state index contributed by atoms with van der Waals surface area (Å²) in [5.74, 6) is 0.0808. The Kier molecular flexibility index (Phi) is 7.72. The number of nitrogens with zero attached hydrogens (tertiary/aromatic N) is 1. The number of hydrogen-bond donors (Lipinski definition) is 2. The molecule has 156 valence electrons. The van der Waals surface area contributed by atoms with E-state index >= 15 is 0 Å². The van der Waals surface area contributed by atoms with E-state index in [0.29, 0.717) is 23.7 Å². The Bertz CT molecular complexity index is 703. The summed E-state index contributed by atoms with van der Waals surface area (Å²) in [5.41, 5.74) is 7.61. The number of anilines is 1. The fourth-order valence-electron chi connectivity index (χ4n) is 3.60. The van der Waals surface area contributed by atoms with Gasteiger partial charge in [0.2, 0.25) is 5.91 Å². The Morgan fingerprint density at radius 3 is 2.57 bits per heavy atom. The van der Waals surface area contributed by atoms with Crippen molar-refractivity contribution in [2.24, 2.45) is 11.1 Å². The van der Waals surface area contributed by atoms with Crippen LogP contribution in [0.4, 0.5) is 10.5 Å². The van der Waals surface area contributed by atoms with E-state index in [9.17, 15) is 9.59 Å². The fraction of sp³-hybridized carbons (Fsp3) is 0.619. The summed E-state index contributed by atoms with van der Waals surface area (Å²) in [4.78, 5) is 26.6. The molecule has 1 aliphatic carbocycles. The van der Waals surface area contributed by atoms with Crippen LogP contribution in [-0.2, 0) is 16.1 Å². The number of halogens is 1. The Morgan fingerprint density at radius 2 is 1.96 bits per heavy atom. The highest BCUT2D eigenvalue weighted by molar-refractivity contribution is 6.31. The molecule has 0 heterocycles. The van der Waals surface area contributed by atoms with Gasteiger partial charge in [-0.05, 0) is 42.0 Å². The molecule has 6 nitrogen and oxygen atoms in total. The highest BCUT2D eigenvalue weighted by atomic mass is 35.5. The molecule has 0 aliphatic heterocycles. The third-order valence-electron chi connectivity index (χ3n) is 5.00. The van der Waals surface area contributed by atoms with Crippen LogP contribution in [0.25, 0.3) is 0 Å². The van der Waals surface area contributed by atoms with Gasteiger partial charge >= 0.3 is 6.09 Å². The molecule has 0 spiro atoms. The van der Waals surface area contributed by atoms with Crippen LogP contribution in [0.3, 0.4) is 0 Å². The highest BCUT2D eigenvalue weighted by Crippen LogP contribution is 2.30. The summed E-state index contributed by atoms with van der Waals surface area (Å²) in [6, 6.07) is 5.17. The van der Waals surface area contributed by atoms with Crippen molar-refractivity contribution in [3.8, 4) is 0 Å². The van der Waals surface area contributed by atoms with Gasteiger partial charge in [0.15, 0.2) is 0 Å². The van der Waals surface area contributed by atoms with Crippen LogP contribution in [0.15, 0.2) is 18.2 Å². The van der Waals surface area contributed by atoms with Gasteiger partial charge in [-0.15, -0.1) is 0 Å². The molecule has 1 saturated carbocycles. The topological polar surface area (TPSA) is 84.7 Å². The number of carbonyl (C=O) groups excluding carboxylic acids is 2. The summed E-state index contributed by atoms with van der Waals surface area (Å²) < 4.78 is 4.64. The monoisotopic (exact) mass is 409 g/mol. The number of hydrogen-bond acceptors (Lipinski definition) is 4. The van der Waals surface area contributed by atoms with Crippen LogP contribution in [0.5, 0.6) is 0 Å². The first-order chi connectivity index (χ1) is 13.1. The van der Waals surface area contributed by atoms with Gasteiger partial charge in [0.25, 0.3) is 0 Å². The molecule has 28 heavy (non-hydrogen) atoms. The van der Waals surface area contributed by atoms with E-state index in [2.05, 4.69) is 30.8 Å². The summed E-state index contributed by atoms with van der Waals surface area (Å²) in [5, 5.41) is 3.19. The number of rotatable bonds is 5. The minimum absolute atomic E-state index is 0.00288. The number of methoxy groups -OCH3 is 1. The maximum atomic E-state index is 13.2. The molecule has 1 aliphatic rings. The van der Waals surface area contributed by atoms with Gasteiger partial charge in [0.05, 0.1) is 7.11 Å². The van der Waals surface area contributed by atoms with E-state index in [-0.39, 0.29) is 23.4 Å². The van der Waals surface area contributed by atoms with Crippen LogP contribution in [-0.4, -0.2) is 36.1 Å². The van der Waals surface area contributed by atoms with E-state index < -0.39 is 6.09 Å². The van der Waals surface area contributed by atoms with Crippen LogP contribution >= 0.6 is 11.6 Å². The Morgan fingerprint density at radius 1 is 1.29 bits per heavy atom. The molecule has 0 bridgehead atoms. The van der Waals surface area contributed by atoms with E-state index in [1.54, 1.807) is 18.2 Å². The van der Waals surface area contributed by atoms with Gasteiger partial charge in [-0.25, -0.2) is 4.79 Å². The SMILES string of the molecule is COC(=O)Nc1ccc(Cl)c(CN(C(=O)CC(C)(C)C)C2CCCCC2N)c1. The molecule has 0 aromatic heterocycles. The zero-order chi connectivity index (χ0) is 20.9. The predicted molar refractivity (Wildman–Crippen MR) is 112 cm³/mol. The molecular formula is C21H32ClN3O3. The summed E-state index contributed by atoms with van der Waals surface area (Å²) >= 11 is 6.41. The fourth-order valence-corrected chi connectivity index (χ4v) is 3.78. The number of benzene rings is 1. The van der Waals surface area contributed by atoms with Crippen LogP contribution in [0.2, 0.25) is 5.02 Å². The highest BCUT2D eigenvalue weighted by Gasteiger charge is 2.32. The summed E-state index contributed by atoms with van der Waals surface area (Å²) in [7, 11) is 1.31. The first kappa shape index (κ1) is 22.5. The van der Waals surface area contributed by atoms with Gasteiger partial charge in [-0.1, -0.05) is 45.2 Å². The van der Waals surface area contributed by atoms with Crippen molar-refractivity contribution in [3.63, 3.8) is 0 Å². The lowest BCUT2D eigenvalue weighted by Crippen LogP contribution is -2.52. The molecule has 2 atom stereocenters. The summed E-state index contributed by atoms with van der Waals surface area (Å²) in [6.07, 6.45) is 3.86. The second-order valence-corrected chi connectivity index (χ2v) is 9.10. The third kappa shape index (κ3) is 6.38. The maximum absolute atomic E-state index is 13.2. The lowest BCUT2D eigenvalue weighted by Gasteiger charge is -2.39. The number of nitrogens with two attached hydrogens (primary N) is 1. The van der Waals surface area contributed by atoms with Crippen LogP contribution in [0.1, 0.15) is 58.4 Å². The van der Waals surface area contributed by atoms with Crippen molar-refractivity contribution in [2.45, 2.75) is 71.5 Å². The van der Waals surface area contributed by atoms with Gasteiger partial charge in [0.1, 0.15) is 0 Å². The molecule has 7 heteroatoms. The first-order valence-corrected chi connectivity index (χ1v) is 10.2. The number of ether oxygens (including phenoxy) is 1. The molecule has 1 aromatic rings. The standard InChI is InChI=1S/C21H32ClN3O3/c1-21(2,3)12-19(26)25(18-8-6-5-7-17(18)23)13-14-11-15(9-10-16(14)22)24-20(27)28-4/h9-11,17-18H,5-8,12-13,23H2,1-4H3,(H,24,27). The molecule has 1 aromatic carbocycles. The number of amides is 2. The molecular weight excluding hydrogens is 378 g/mol. The zero-order valence-electron chi connectivity index (χ0n) is 17.3. The van der Waals surface area contributed by atoms with Gasteiger partial charge in [-0.3, -0.25) is 10.1 Å². The molecule has 1 fully saturated rings. The second kappa shape index (κ2) is 9.61. The van der Waals surface area contributed by atoms with Crippen molar-refractivity contribution in [1.82, 2.24) is 4.90 Å². The lowest BCUT2D eigenvalue weighted by atomic mass is 9.87. The average molecular weight is 410 g/mol. The van der Waals surface area contributed by atoms with Crippen molar-refractivity contribution >= 4 is 29.3 Å². The normalized spacial score (nSPS) is 19.8. The van der Waals surface area contributed by atoms with E-state index in [0.717, 1.165) is 31.2 Å².